The van der Waals surface area contributed by atoms with Crippen LogP contribution >= 0.6 is 12.2 Å². The third kappa shape index (κ3) is 3.35. The zero-order valence-corrected chi connectivity index (χ0v) is 4.96. The molecule has 0 aromatic carbocycles. The van der Waals surface area contributed by atoms with Gasteiger partial charge in [0, 0.05) is 12.6 Å². The summed E-state index contributed by atoms with van der Waals surface area (Å²) >= 11 is 4.58. The maximum absolute atomic E-state index is 6.56. The van der Waals surface area contributed by atoms with Crippen molar-refractivity contribution in [2.75, 3.05) is 0 Å². The number of nitrogens with zero attached hydrogens (tertiary/aromatic N) is 1. The van der Waals surface area contributed by atoms with Crippen molar-refractivity contribution in [1.82, 2.24) is 5.43 Å². The summed E-state index contributed by atoms with van der Waals surface area (Å²) in [5.74, 6) is 0. The summed E-state index contributed by atoms with van der Waals surface area (Å²) in [6.45, 7) is 0. The van der Waals surface area contributed by atoms with E-state index in [0.29, 0.717) is 11.4 Å². The summed E-state index contributed by atoms with van der Waals surface area (Å²) in [4.78, 5) is 0.398. The van der Waals surface area contributed by atoms with E-state index in [4.69, 9.17) is 10.9 Å². The van der Waals surface area contributed by atoms with Crippen LogP contribution < -0.4 is 5.43 Å². The molecule has 0 fully saturated rings. The lowest BCUT2D eigenvalue weighted by atomic mass is 10.5. The summed E-state index contributed by atoms with van der Waals surface area (Å²) in [7, 11) is 0. The molecule has 0 rings (SSSR count). The Bertz CT molecular complexity index is 97.9. The molecule has 4 nitrogen and oxygen atoms in total. The van der Waals surface area contributed by atoms with Crippen LogP contribution in [0.4, 0.5) is 0 Å². The van der Waals surface area contributed by atoms with E-state index in [1.54, 1.807) is 0 Å². The smallest absolute Gasteiger partial charge is 0.103 e. The summed E-state index contributed by atoms with van der Waals surface area (Å²) in [6.07, 6.45) is 1.51. The van der Waals surface area contributed by atoms with Gasteiger partial charge in [-0.15, -0.1) is 0 Å². The Balaban J connectivity index is 3.32. The third-order valence-corrected chi connectivity index (χ3v) is 0.726. The van der Waals surface area contributed by atoms with Crippen LogP contribution in [0.15, 0.2) is 5.22 Å². The largest absolute Gasteiger partial charge is 0.313 e. The molecule has 5 heteroatoms. The topological polar surface area (TPSA) is 72.1 Å². The third-order valence-electron chi connectivity index (χ3n) is 0.468. The summed E-state index contributed by atoms with van der Waals surface area (Å²) in [5, 5.41) is 9.37. The molecule has 8 heavy (non-hydrogen) atoms. The fourth-order valence-electron chi connectivity index (χ4n) is 0.201. The van der Waals surface area contributed by atoms with Crippen molar-refractivity contribution in [1.29, 1.82) is 10.9 Å². The SMILES string of the molecule is N=CCC(=S)NN=N. The van der Waals surface area contributed by atoms with Gasteiger partial charge in [-0.05, 0) is 0 Å². The molecule has 0 spiro atoms. The van der Waals surface area contributed by atoms with E-state index in [2.05, 4.69) is 22.9 Å². The van der Waals surface area contributed by atoms with E-state index in [1.165, 1.54) is 0 Å². The predicted molar refractivity (Wildman–Crippen MR) is 34.3 cm³/mol. The van der Waals surface area contributed by atoms with Gasteiger partial charge in [0.05, 0.1) is 0 Å². The van der Waals surface area contributed by atoms with Crippen LogP contribution in [0.25, 0.3) is 0 Å². The van der Waals surface area contributed by atoms with Gasteiger partial charge in [0.15, 0.2) is 0 Å². The van der Waals surface area contributed by atoms with Gasteiger partial charge in [0.25, 0.3) is 0 Å². The molecule has 0 unspecified atom stereocenters. The first-order valence-electron chi connectivity index (χ1n) is 1.95. The Morgan fingerprint density at radius 1 is 1.88 bits per heavy atom. The van der Waals surface area contributed by atoms with Crippen molar-refractivity contribution < 1.29 is 0 Å². The van der Waals surface area contributed by atoms with Crippen molar-refractivity contribution in [3.05, 3.63) is 0 Å². The molecule has 0 atom stereocenters. The molecule has 0 aliphatic carbocycles. The van der Waals surface area contributed by atoms with Crippen LogP contribution in [-0.4, -0.2) is 11.2 Å². The van der Waals surface area contributed by atoms with Gasteiger partial charge in [-0.25, -0.2) is 0 Å². The number of nitrogens with one attached hydrogen (secondary N) is 3. The maximum Gasteiger partial charge on any atom is 0.103 e. The van der Waals surface area contributed by atoms with E-state index in [9.17, 15) is 0 Å². The highest BCUT2D eigenvalue weighted by atomic mass is 32.1. The van der Waals surface area contributed by atoms with E-state index >= 15 is 0 Å². The van der Waals surface area contributed by atoms with Gasteiger partial charge in [0.2, 0.25) is 0 Å². The monoisotopic (exact) mass is 130 g/mol. The van der Waals surface area contributed by atoms with Crippen LogP contribution in [0.1, 0.15) is 6.42 Å². The second-order valence-electron chi connectivity index (χ2n) is 1.06. The van der Waals surface area contributed by atoms with Gasteiger partial charge in [-0.2, -0.15) is 5.53 Å². The molecular weight excluding hydrogens is 124 g/mol. The average Bonchev–Trinajstić information content (AvgIpc) is 1.68. The zero-order chi connectivity index (χ0) is 6.41. The number of thiocarbonyl (C=S) groups is 1. The Morgan fingerprint density at radius 3 is 2.88 bits per heavy atom. The number of hydrogen-bond donors (Lipinski definition) is 3. The lowest BCUT2D eigenvalue weighted by Crippen LogP contribution is -2.13. The Labute approximate surface area is 52.3 Å². The van der Waals surface area contributed by atoms with Crippen LogP contribution in [-0.2, 0) is 0 Å². The quantitative estimate of drug-likeness (QED) is 0.230. The Kier molecular flexibility index (Phi) is 3.87. The number of hydrogen-bond acceptors (Lipinski definition) is 4. The summed E-state index contributed by atoms with van der Waals surface area (Å²) in [6, 6.07) is 0. The minimum absolute atomic E-state index is 0.359. The van der Waals surface area contributed by atoms with Crippen LogP contribution in [0.2, 0.25) is 0 Å². The van der Waals surface area contributed by atoms with Gasteiger partial charge in [-0.3, -0.25) is 5.43 Å². The predicted octanol–water partition coefficient (Wildman–Crippen LogP) is 0.889. The van der Waals surface area contributed by atoms with Gasteiger partial charge >= 0.3 is 0 Å². The number of rotatable bonds is 3. The fourth-order valence-corrected chi connectivity index (χ4v) is 0.330. The molecule has 0 radical (unpaired) electrons. The van der Waals surface area contributed by atoms with E-state index in [0.717, 1.165) is 6.21 Å². The summed E-state index contributed by atoms with van der Waals surface area (Å²) in [5.41, 5.74) is 8.48. The molecule has 0 amide bonds. The van der Waals surface area contributed by atoms with E-state index < -0.39 is 0 Å². The Morgan fingerprint density at radius 2 is 2.50 bits per heavy atom. The van der Waals surface area contributed by atoms with Crippen LogP contribution in [0.3, 0.4) is 0 Å². The first-order chi connectivity index (χ1) is 3.81. The van der Waals surface area contributed by atoms with Gasteiger partial charge < -0.3 is 5.41 Å². The van der Waals surface area contributed by atoms with Gasteiger partial charge in [-0.1, -0.05) is 17.4 Å². The highest BCUT2D eigenvalue weighted by Crippen LogP contribution is 1.75. The standard InChI is InChI=1S/C3H6N4S/c4-2-1-3(8)6-7-5/h2,4H,1H2,(H2,5,6,8). The molecule has 3 N–H and O–H groups in total. The maximum atomic E-state index is 6.56. The van der Waals surface area contributed by atoms with E-state index in [-0.39, 0.29) is 0 Å². The fraction of sp³-hybridized carbons (Fsp3) is 0.333. The first-order valence-corrected chi connectivity index (χ1v) is 2.36. The van der Waals surface area contributed by atoms with Gasteiger partial charge in [0.1, 0.15) is 4.99 Å². The first kappa shape index (κ1) is 7.16. The van der Waals surface area contributed by atoms with Crippen LogP contribution in [0.5, 0.6) is 0 Å². The second kappa shape index (κ2) is 4.32. The van der Waals surface area contributed by atoms with Crippen molar-refractivity contribution >= 4 is 23.4 Å². The molecule has 0 saturated carbocycles. The van der Waals surface area contributed by atoms with E-state index in [1.807, 2.05) is 0 Å². The lowest BCUT2D eigenvalue weighted by molar-refractivity contribution is 0.869. The minimum Gasteiger partial charge on any atom is -0.313 e. The average molecular weight is 130 g/mol. The van der Waals surface area contributed by atoms with Crippen molar-refractivity contribution in [3.63, 3.8) is 0 Å². The molecule has 0 aromatic rings. The Hall–Kier alpha value is -0.840. The molecule has 0 heterocycles. The lowest BCUT2D eigenvalue weighted by Gasteiger charge is -1.91. The molecule has 0 aliphatic rings. The van der Waals surface area contributed by atoms with Crippen molar-refractivity contribution in [2.24, 2.45) is 5.22 Å². The van der Waals surface area contributed by atoms with Crippen molar-refractivity contribution in [3.8, 4) is 0 Å². The molecule has 0 bridgehead atoms. The van der Waals surface area contributed by atoms with Crippen molar-refractivity contribution in [2.45, 2.75) is 6.42 Å². The second-order valence-corrected chi connectivity index (χ2v) is 1.55. The highest BCUT2D eigenvalue weighted by molar-refractivity contribution is 7.80. The molecule has 0 aromatic heterocycles. The van der Waals surface area contributed by atoms with Crippen LogP contribution in [0, 0.1) is 10.9 Å². The molecule has 0 saturated heterocycles. The highest BCUT2D eigenvalue weighted by Gasteiger charge is 1.86. The minimum atomic E-state index is 0.359. The summed E-state index contributed by atoms with van der Waals surface area (Å²) < 4.78 is 0. The molecule has 0 aliphatic heterocycles. The molecule has 44 valence electrons. The normalized spacial score (nSPS) is 7.50. The zero-order valence-electron chi connectivity index (χ0n) is 4.14. The molecular formula is C3H6N4S.